The number of non-ortho nitro benzene ring substituents is 1. The van der Waals surface area contributed by atoms with E-state index < -0.39 is 43.7 Å². The Morgan fingerprint density at radius 2 is 1.83 bits per heavy atom. The van der Waals surface area contributed by atoms with Crippen molar-refractivity contribution in [2.24, 2.45) is 5.14 Å². The Morgan fingerprint density at radius 3 is 2.22 bits per heavy atom. The fourth-order valence-corrected chi connectivity index (χ4v) is 1.54. The molecule has 1 aromatic rings. The Hall–Kier alpha value is -1.81. The van der Waals surface area contributed by atoms with Gasteiger partial charge in [-0.05, 0) is 0 Å². The number of primary sulfonamides is 1. The fraction of sp³-hybridized carbons (Fsp3) is 0.250. The molecule has 0 saturated carbocycles. The molecule has 0 radical (unpaired) electrons. The Morgan fingerprint density at radius 1 is 1.33 bits per heavy atom. The van der Waals surface area contributed by atoms with Gasteiger partial charge >= 0.3 is 0 Å². The van der Waals surface area contributed by atoms with Crippen molar-refractivity contribution in [3.8, 4) is 0 Å². The van der Waals surface area contributed by atoms with Gasteiger partial charge in [0.15, 0.2) is 11.6 Å². The first-order chi connectivity index (χ1) is 8.20. The summed E-state index contributed by atoms with van der Waals surface area (Å²) in [6, 6.07) is 1.06. The van der Waals surface area contributed by atoms with E-state index in [4.69, 9.17) is 5.14 Å². The molecule has 0 unspecified atom stereocenters. The molecule has 100 valence electrons. The lowest BCUT2D eigenvalue weighted by molar-refractivity contribution is -0.385. The van der Waals surface area contributed by atoms with Crippen molar-refractivity contribution < 1.29 is 22.1 Å². The van der Waals surface area contributed by atoms with E-state index in [0.717, 1.165) is 0 Å². The van der Waals surface area contributed by atoms with Crippen LogP contribution in [0.5, 0.6) is 0 Å². The molecule has 0 atom stereocenters. The first kappa shape index (κ1) is 14.3. The molecule has 18 heavy (non-hydrogen) atoms. The third-order valence-electron chi connectivity index (χ3n) is 1.93. The Labute approximate surface area is 101 Å². The number of nitro groups is 1. The number of nitro benzene ring substituents is 1. The summed E-state index contributed by atoms with van der Waals surface area (Å²) in [5, 5.41) is 17.2. The largest absolute Gasteiger partial charge is 0.379 e. The molecule has 0 aliphatic heterocycles. The van der Waals surface area contributed by atoms with E-state index in [-0.39, 0.29) is 6.54 Å². The van der Waals surface area contributed by atoms with Crippen LogP contribution in [-0.2, 0) is 10.0 Å². The summed E-state index contributed by atoms with van der Waals surface area (Å²) in [5.74, 6) is -2.89. The Bertz CT molecular complexity index is 553. The Balaban J connectivity index is 2.87. The van der Waals surface area contributed by atoms with Crippen molar-refractivity contribution in [3.05, 3.63) is 33.9 Å². The summed E-state index contributed by atoms with van der Waals surface area (Å²) in [6.45, 7) is -0.315. The number of hydrogen-bond acceptors (Lipinski definition) is 5. The second kappa shape index (κ2) is 5.23. The zero-order valence-electron chi connectivity index (χ0n) is 8.89. The van der Waals surface area contributed by atoms with Crippen LogP contribution in [0.4, 0.5) is 20.2 Å². The summed E-state index contributed by atoms with van der Waals surface area (Å²) >= 11 is 0. The molecule has 10 heteroatoms. The van der Waals surface area contributed by atoms with Gasteiger partial charge in [0.25, 0.3) is 5.69 Å². The summed E-state index contributed by atoms with van der Waals surface area (Å²) in [7, 11) is -3.76. The lowest BCUT2D eigenvalue weighted by Gasteiger charge is -2.07. The van der Waals surface area contributed by atoms with Crippen molar-refractivity contribution in [2.75, 3.05) is 17.6 Å². The minimum Gasteiger partial charge on any atom is -0.379 e. The minimum atomic E-state index is -3.76. The van der Waals surface area contributed by atoms with E-state index in [0.29, 0.717) is 12.1 Å². The van der Waals surface area contributed by atoms with Crippen molar-refractivity contribution in [1.82, 2.24) is 0 Å². The normalized spacial score (nSPS) is 11.3. The molecule has 3 N–H and O–H groups in total. The molecule has 0 aliphatic rings. The van der Waals surface area contributed by atoms with Gasteiger partial charge < -0.3 is 5.32 Å². The topological polar surface area (TPSA) is 115 Å². The number of benzene rings is 1. The van der Waals surface area contributed by atoms with Crippen LogP contribution < -0.4 is 10.5 Å². The molecule has 0 spiro atoms. The monoisotopic (exact) mass is 281 g/mol. The van der Waals surface area contributed by atoms with Gasteiger partial charge in [0, 0.05) is 6.54 Å². The second-order valence-electron chi connectivity index (χ2n) is 3.34. The molecule has 1 rings (SSSR count). The van der Waals surface area contributed by atoms with Gasteiger partial charge in [-0.3, -0.25) is 10.1 Å². The maximum absolute atomic E-state index is 13.3. The third-order valence-corrected chi connectivity index (χ3v) is 2.70. The first-order valence-electron chi connectivity index (χ1n) is 4.58. The highest BCUT2D eigenvalue weighted by molar-refractivity contribution is 7.89. The maximum atomic E-state index is 13.3. The predicted molar refractivity (Wildman–Crippen MR) is 59.5 cm³/mol. The number of hydrogen-bond donors (Lipinski definition) is 2. The zero-order chi connectivity index (χ0) is 13.9. The number of anilines is 1. The number of nitrogens with one attached hydrogen (secondary N) is 1. The molecule has 0 fully saturated rings. The van der Waals surface area contributed by atoms with Crippen molar-refractivity contribution >= 4 is 21.4 Å². The van der Waals surface area contributed by atoms with Gasteiger partial charge in [0.1, 0.15) is 5.69 Å². The van der Waals surface area contributed by atoms with Crippen LogP contribution in [0.1, 0.15) is 0 Å². The molecule has 1 aromatic carbocycles. The van der Waals surface area contributed by atoms with Gasteiger partial charge in [0.2, 0.25) is 10.0 Å². The molecule has 7 nitrogen and oxygen atoms in total. The average Bonchev–Trinajstić information content (AvgIpc) is 2.20. The highest BCUT2D eigenvalue weighted by Gasteiger charge is 2.17. The van der Waals surface area contributed by atoms with E-state index in [2.05, 4.69) is 5.32 Å². The van der Waals surface area contributed by atoms with E-state index >= 15 is 0 Å². The number of nitrogens with two attached hydrogens (primary N) is 1. The van der Waals surface area contributed by atoms with Gasteiger partial charge in [-0.1, -0.05) is 0 Å². The van der Waals surface area contributed by atoms with Crippen LogP contribution in [0.25, 0.3) is 0 Å². The lowest BCUT2D eigenvalue weighted by atomic mass is 10.2. The first-order valence-corrected chi connectivity index (χ1v) is 6.30. The molecular formula is C8H9F2N3O4S. The van der Waals surface area contributed by atoms with Crippen LogP contribution in [0.3, 0.4) is 0 Å². The van der Waals surface area contributed by atoms with Crippen LogP contribution >= 0.6 is 0 Å². The fourth-order valence-electron chi connectivity index (χ4n) is 1.15. The number of halogens is 2. The number of nitrogens with zero attached hydrogens (tertiary/aromatic N) is 1. The van der Waals surface area contributed by atoms with Gasteiger partial charge in [-0.2, -0.15) is 0 Å². The standard InChI is InChI=1S/C8H9F2N3O4S/c9-6-3-5(13(14)15)4-7(10)8(6)12-1-2-18(11,16)17/h3-4,12H,1-2H2,(H2,11,16,17). The van der Waals surface area contributed by atoms with Crippen LogP contribution in [0.2, 0.25) is 0 Å². The zero-order valence-corrected chi connectivity index (χ0v) is 9.71. The molecule has 0 aromatic heterocycles. The van der Waals surface area contributed by atoms with Crippen molar-refractivity contribution in [3.63, 3.8) is 0 Å². The highest BCUT2D eigenvalue weighted by atomic mass is 32.2. The predicted octanol–water partition coefficient (Wildman–Crippen LogP) is 0.573. The Kier molecular flexibility index (Phi) is 4.14. The van der Waals surface area contributed by atoms with Crippen LogP contribution in [0.15, 0.2) is 12.1 Å². The number of sulfonamides is 1. The third kappa shape index (κ3) is 3.89. The average molecular weight is 281 g/mol. The minimum absolute atomic E-state index is 0.315. The van der Waals surface area contributed by atoms with Gasteiger partial charge in [-0.15, -0.1) is 0 Å². The summed E-state index contributed by atoms with van der Waals surface area (Å²) < 4.78 is 47.8. The summed E-state index contributed by atoms with van der Waals surface area (Å²) in [5.41, 5.74) is -1.37. The maximum Gasteiger partial charge on any atom is 0.275 e. The van der Waals surface area contributed by atoms with E-state index in [1.165, 1.54) is 0 Å². The van der Waals surface area contributed by atoms with E-state index in [9.17, 15) is 27.3 Å². The lowest BCUT2D eigenvalue weighted by Crippen LogP contribution is -2.23. The molecule has 0 heterocycles. The molecule has 0 aliphatic carbocycles. The smallest absolute Gasteiger partial charge is 0.275 e. The quantitative estimate of drug-likeness (QED) is 0.604. The number of rotatable bonds is 5. The van der Waals surface area contributed by atoms with Gasteiger partial charge in [-0.25, -0.2) is 22.3 Å². The molecule has 0 saturated heterocycles. The van der Waals surface area contributed by atoms with Crippen LogP contribution in [0, 0.1) is 21.7 Å². The molecule has 0 amide bonds. The van der Waals surface area contributed by atoms with Crippen LogP contribution in [-0.4, -0.2) is 25.6 Å². The summed E-state index contributed by atoms with van der Waals surface area (Å²) in [4.78, 5) is 9.37. The van der Waals surface area contributed by atoms with Gasteiger partial charge in [0.05, 0.1) is 22.8 Å². The van der Waals surface area contributed by atoms with E-state index in [1.54, 1.807) is 0 Å². The second-order valence-corrected chi connectivity index (χ2v) is 5.07. The van der Waals surface area contributed by atoms with E-state index in [1.807, 2.05) is 0 Å². The highest BCUT2D eigenvalue weighted by Crippen LogP contribution is 2.24. The summed E-state index contributed by atoms with van der Waals surface area (Å²) in [6.07, 6.45) is 0. The van der Waals surface area contributed by atoms with Crippen molar-refractivity contribution in [1.29, 1.82) is 0 Å². The molecule has 0 bridgehead atoms. The van der Waals surface area contributed by atoms with Crippen molar-refractivity contribution in [2.45, 2.75) is 0 Å². The molecular weight excluding hydrogens is 272 g/mol. The SMILES string of the molecule is NS(=O)(=O)CCNc1c(F)cc([N+](=O)[O-])cc1F.